The van der Waals surface area contributed by atoms with Gasteiger partial charge in [0.2, 0.25) is 0 Å². The predicted molar refractivity (Wildman–Crippen MR) is 149 cm³/mol. The molecule has 2 aromatic heterocycles. The van der Waals surface area contributed by atoms with Gasteiger partial charge in [0.05, 0.1) is 16.6 Å². The fourth-order valence-corrected chi connectivity index (χ4v) is 6.21. The molecule has 2 aromatic carbocycles. The molecule has 0 saturated carbocycles. The van der Waals surface area contributed by atoms with Gasteiger partial charge in [0, 0.05) is 73.7 Å². The van der Waals surface area contributed by atoms with Crippen molar-refractivity contribution in [2.75, 3.05) is 62.8 Å². The van der Waals surface area contributed by atoms with Crippen molar-refractivity contribution in [3.63, 3.8) is 0 Å². The highest BCUT2D eigenvalue weighted by molar-refractivity contribution is 7.90. The van der Waals surface area contributed by atoms with Crippen LogP contribution in [0.2, 0.25) is 0 Å². The number of anilines is 3. The molecule has 6 rings (SSSR count). The fourth-order valence-electron chi connectivity index (χ4n) is 5.57. The van der Waals surface area contributed by atoms with Crippen molar-refractivity contribution in [1.82, 2.24) is 25.0 Å². The lowest BCUT2D eigenvalue weighted by Gasteiger charge is -2.42. The summed E-state index contributed by atoms with van der Waals surface area (Å²) in [6.45, 7) is 6.89. The summed E-state index contributed by atoms with van der Waals surface area (Å²) in [5.74, 6) is 0.660. The van der Waals surface area contributed by atoms with Crippen LogP contribution in [0.4, 0.5) is 17.2 Å². The molecule has 4 aromatic rings. The van der Waals surface area contributed by atoms with E-state index in [1.165, 1.54) is 51.0 Å². The Labute approximate surface area is 217 Å². The number of nitrogens with zero attached hydrogens (tertiary/aromatic N) is 5. The second kappa shape index (κ2) is 9.59. The maximum Gasteiger partial charge on any atom is 0.175 e. The number of pyridine rings is 1. The lowest BCUT2D eigenvalue weighted by Crippen LogP contribution is -2.52. The van der Waals surface area contributed by atoms with Crippen LogP contribution in [-0.4, -0.2) is 92.0 Å². The number of likely N-dealkylation sites (N-methyl/N-ethyl adjacent to an activating group) is 1. The van der Waals surface area contributed by atoms with E-state index in [1.807, 2.05) is 0 Å². The first kappa shape index (κ1) is 24.1. The third-order valence-corrected chi connectivity index (χ3v) is 8.92. The molecular formula is C27H33N7O2S. The summed E-state index contributed by atoms with van der Waals surface area (Å²) < 4.78 is 24.1. The molecule has 2 aliphatic heterocycles. The second-order valence-electron chi connectivity index (χ2n) is 10.3. The number of piperazine rings is 1. The quantitative estimate of drug-likeness (QED) is 0.414. The summed E-state index contributed by atoms with van der Waals surface area (Å²) in [5, 5.41) is 12.2. The van der Waals surface area contributed by atoms with Crippen molar-refractivity contribution >= 4 is 48.8 Å². The highest BCUT2D eigenvalue weighted by Gasteiger charge is 2.26. The molecule has 2 saturated heterocycles. The van der Waals surface area contributed by atoms with Crippen LogP contribution in [0.15, 0.2) is 53.6 Å². The Bertz CT molecular complexity index is 1520. The molecule has 0 radical (unpaired) electrons. The Morgan fingerprint density at radius 1 is 0.946 bits per heavy atom. The smallest absolute Gasteiger partial charge is 0.175 e. The van der Waals surface area contributed by atoms with E-state index >= 15 is 0 Å². The first-order valence-corrected chi connectivity index (χ1v) is 14.8. The van der Waals surface area contributed by atoms with Crippen LogP contribution in [0.1, 0.15) is 12.8 Å². The standard InChI is InChI=1S/C27H33N7O2S/c1-32-13-15-34(16-14-32)21-9-11-33(12-10-21)20-5-3-19(4-6-20)29-27-26-24(18-28-31-26)23-17-22(37(2,35)36)7-8-25(23)30-27/h3-8,17-18,21H,9-16H2,1-2H3,(H,28,31)(H,29,30). The Morgan fingerprint density at radius 3 is 2.38 bits per heavy atom. The Morgan fingerprint density at radius 2 is 1.68 bits per heavy atom. The first-order chi connectivity index (χ1) is 17.8. The summed E-state index contributed by atoms with van der Waals surface area (Å²) in [7, 11) is -1.10. The number of fused-ring (bicyclic) bond motifs is 3. The van der Waals surface area contributed by atoms with Gasteiger partial charge in [0.15, 0.2) is 15.7 Å². The molecule has 0 bridgehead atoms. The average molecular weight is 520 g/mol. The lowest BCUT2D eigenvalue weighted by molar-refractivity contribution is 0.0982. The van der Waals surface area contributed by atoms with Crippen molar-refractivity contribution in [2.24, 2.45) is 0 Å². The van der Waals surface area contributed by atoms with Gasteiger partial charge < -0.3 is 15.1 Å². The van der Waals surface area contributed by atoms with Gasteiger partial charge in [-0.05, 0) is 62.4 Å². The van der Waals surface area contributed by atoms with Crippen molar-refractivity contribution < 1.29 is 8.42 Å². The average Bonchev–Trinajstić information content (AvgIpc) is 3.40. The highest BCUT2D eigenvalue weighted by atomic mass is 32.2. The third-order valence-electron chi connectivity index (χ3n) is 7.81. The third kappa shape index (κ3) is 4.88. The minimum Gasteiger partial charge on any atom is -0.371 e. The number of nitrogens with one attached hydrogen (secondary N) is 2. The zero-order valence-electron chi connectivity index (χ0n) is 21.3. The van der Waals surface area contributed by atoms with Gasteiger partial charge in [-0.25, -0.2) is 13.4 Å². The van der Waals surface area contributed by atoms with E-state index < -0.39 is 9.84 Å². The van der Waals surface area contributed by atoms with Crippen LogP contribution in [-0.2, 0) is 9.84 Å². The molecule has 0 unspecified atom stereocenters. The van der Waals surface area contributed by atoms with Crippen LogP contribution in [0.5, 0.6) is 0 Å². The number of piperidine rings is 1. The molecule has 2 fully saturated rings. The molecule has 10 heteroatoms. The van der Waals surface area contributed by atoms with Crippen LogP contribution >= 0.6 is 0 Å². The summed E-state index contributed by atoms with van der Waals surface area (Å²) in [6, 6.07) is 14.2. The number of sulfone groups is 1. The van der Waals surface area contributed by atoms with Gasteiger partial charge in [0.25, 0.3) is 0 Å². The van der Waals surface area contributed by atoms with E-state index in [-0.39, 0.29) is 4.90 Å². The van der Waals surface area contributed by atoms with E-state index in [0.717, 1.165) is 35.1 Å². The second-order valence-corrected chi connectivity index (χ2v) is 12.3. The minimum atomic E-state index is -3.31. The van der Waals surface area contributed by atoms with E-state index in [1.54, 1.807) is 24.4 Å². The van der Waals surface area contributed by atoms with Crippen LogP contribution in [0, 0.1) is 0 Å². The molecule has 2 N–H and O–H groups in total. The molecule has 0 atom stereocenters. The predicted octanol–water partition coefficient (Wildman–Crippen LogP) is 3.47. The van der Waals surface area contributed by atoms with Crippen molar-refractivity contribution in [3.05, 3.63) is 48.7 Å². The number of benzene rings is 2. The zero-order valence-corrected chi connectivity index (χ0v) is 22.1. The number of hydrogen-bond acceptors (Lipinski definition) is 8. The topological polar surface area (TPSA) is 97.5 Å². The highest BCUT2D eigenvalue weighted by Crippen LogP contribution is 2.32. The minimum absolute atomic E-state index is 0.271. The maximum atomic E-state index is 12.0. The number of H-pyrrole nitrogens is 1. The molecular weight excluding hydrogens is 486 g/mol. The van der Waals surface area contributed by atoms with Gasteiger partial charge in [-0.1, -0.05) is 0 Å². The van der Waals surface area contributed by atoms with Gasteiger partial charge in [-0.2, -0.15) is 5.10 Å². The fraction of sp³-hybridized carbons (Fsp3) is 0.407. The summed E-state index contributed by atoms with van der Waals surface area (Å²) in [4.78, 5) is 12.6. The van der Waals surface area contributed by atoms with Gasteiger partial charge in [-0.15, -0.1) is 0 Å². The molecule has 9 nitrogen and oxygen atoms in total. The Balaban J connectivity index is 1.17. The molecule has 37 heavy (non-hydrogen) atoms. The number of aromatic nitrogens is 3. The largest absolute Gasteiger partial charge is 0.371 e. The van der Waals surface area contributed by atoms with E-state index in [9.17, 15) is 8.42 Å². The first-order valence-electron chi connectivity index (χ1n) is 12.9. The molecule has 0 amide bonds. The van der Waals surface area contributed by atoms with Gasteiger partial charge in [0.1, 0.15) is 5.52 Å². The van der Waals surface area contributed by atoms with Crippen molar-refractivity contribution in [1.29, 1.82) is 0 Å². The number of hydrogen-bond donors (Lipinski definition) is 2. The van der Waals surface area contributed by atoms with Gasteiger partial charge >= 0.3 is 0 Å². The SMILES string of the molecule is CN1CCN(C2CCN(c3ccc(Nc4nc5ccc(S(C)(=O)=O)cc5c5cn[nH]c45)cc3)CC2)CC1. The van der Waals surface area contributed by atoms with Crippen LogP contribution in [0.25, 0.3) is 21.8 Å². The Hall–Kier alpha value is -3.21. The summed E-state index contributed by atoms with van der Waals surface area (Å²) >= 11 is 0. The maximum absolute atomic E-state index is 12.0. The molecule has 0 spiro atoms. The zero-order chi connectivity index (χ0) is 25.6. The molecule has 4 heterocycles. The van der Waals surface area contributed by atoms with E-state index in [2.05, 4.69) is 61.5 Å². The van der Waals surface area contributed by atoms with E-state index in [0.29, 0.717) is 17.4 Å². The van der Waals surface area contributed by atoms with Crippen molar-refractivity contribution in [3.8, 4) is 0 Å². The normalized spacial score (nSPS) is 18.6. The molecule has 2 aliphatic rings. The Kier molecular flexibility index (Phi) is 6.26. The van der Waals surface area contributed by atoms with Crippen molar-refractivity contribution in [2.45, 2.75) is 23.8 Å². The lowest BCUT2D eigenvalue weighted by atomic mass is 10.0. The number of aromatic amines is 1. The molecule has 194 valence electrons. The summed E-state index contributed by atoms with van der Waals surface area (Å²) in [5.41, 5.74) is 3.64. The van der Waals surface area contributed by atoms with E-state index in [4.69, 9.17) is 4.98 Å². The monoisotopic (exact) mass is 519 g/mol. The van der Waals surface area contributed by atoms with Crippen LogP contribution < -0.4 is 10.2 Å². The number of rotatable bonds is 5. The summed E-state index contributed by atoms with van der Waals surface area (Å²) in [6.07, 6.45) is 5.35. The van der Waals surface area contributed by atoms with Crippen LogP contribution in [0.3, 0.4) is 0 Å². The molecule has 0 aliphatic carbocycles. The van der Waals surface area contributed by atoms with Gasteiger partial charge in [-0.3, -0.25) is 10.00 Å².